The van der Waals surface area contributed by atoms with Crippen LogP contribution in [0.15, 0.2) is 29.3 Å². The molecule has 2 amide bonds. The molecule has 1 rings (SSSR count). The van der Waals surface area contributed by atoms with Crippen LogP contribution >= 0.6 is 24.0 Å². The van der Waals surface area contributed by atoms with E-state index in [0.29, 0.717) is 12.5 Å². The van der Waals surface area contributed by atoms with E-state index in [2.05, 4.69) is 15.6 Å². The number of amides is 2. The van der Waals surface area contributed by atoms with Crippen molar-refractivity contribution < 1.29 is 14.3 Å². The van der Waals surface area contributed by atoms with Gasteiger partial charge in [0.25, 0.3) is 0 Å². The lowest BCUT2D eigenvalue weighted by Gasteiger charge is -2.25. The molecule has 0 atom stereocenters. The van der Waals surface area contributed by atoms with Gasteiger partial charge in [-0.15, -0.1) is 24.0 Å². The monoisotopic (exact) mass is 533 g/mol. The van der Waals surface area contributed by atoms with Crippen molar-refractivity contribution >= 4 is 41.8 Å². The minimum Gasteiger partial charge on any atom is -0.497 e. The van der Waals surface area contributed by atoms with Crippen LogP contribution in [0.3, 0.4) is 0 Å². The van der Waals surface area contributed by atoms with Crippen LogP contribution in [-0.2, 0) is 16.0 Å². The predicted octanol–water partition coefficient (Wildman–Crippen LogP) is 1.74. The molecule has 0 radical (unpaired) electrons. The molecule has 0 bridgehead atoms. The fraction of sp³-hybridized carbons (Fsp3) is 0.571. The number of nitrogens with zero attached hydrogens (tertiary/aromatic N) is 3. The topological polar surface area (TPSA) is 86.3 Å². The Morgan fingerprint density at radius 3 is 2.20 bits per heavy atom. The number of halogens is 1. The zero-order valence-corrected chi connectivity index (χ0v) is 21.4. The number of ether oxygens (including phenoxy) is 1. The number of benzene rings is 1. The largest absolute Gasteiger partial charge is 0.497 e. The number of aliphatic imine (C=N–C) groups is 1. The lowest BCUT2D eigenvalue weighted by atomic mass is 10.1. The first kappa shape index (κ1) is 28.0. The summed E-state index contributed by atoms with van der Waals surface area (Å²) in [6.07, 6.45) is 0.771. The molecule has 0 saturated heterocycles. The van der Waals surface area contributed by atoms with E-state index in [1.807, 2.05) is 45.0 Å². The van der Waals surface area contributed by atoms with Gasteiger partial charge < -0.3 is 25.2 Å². The van der Waals surface area contributed by atoms with E-state index in [1.165, 1.54) is 4.90 Å². The maximum absolute atomic E-state index is 12.3. The summed E-state index contributed by atoms with van der Waals surface area (Å²) in [5, 5.41) is 6.18. The van der Waals surface area contributed by atoms with Crippen LogP contribution in [0.2, 0.25) is 0 Å². The molecule has 1 aromatic rings. The molecular formula is C21H36IN5O3. The number of carbonyl (C=O) groups excluding carboxylic acids is 2. The van der Waals surface area contributed by atoms with Gasteiger partial charge in [0.2, 0.25) is 11.8 Å². The maximum atomic E-state index is 12.3. The number of nitrogens with one attached hydrogen (secondary N) is 2. The highest BCUT2D eigenvalue weighted by molar-refractivity contribution is 14.0. The molecule has 0 heterocycles. The molecule has 0 aliphatic heterocycles. The van der Waals surface area contributed by atoms with Gasteiger partial charge in [-0.05, 0) is 44.9 Å². The number of rotatable bonds is 8. The zero-order valence-electron chi connectivity index (χ0n) is 19.1. The second kappa shape index (κ2) is 13.3. The maximum Gasteiger partial charge on any atom is 0.243 e. The molecule has 0 unspecified atom stereocenters. The van der Waals surface area contributed by atoms with E-state index >= 15 is 0 Å². The molecule has 1 aromatic carbocycles. The van der Waals surface area contributed by atoms with Crippen LogP contribution in [0.25, 0.3) is 0 Å². The van der Waals surface area contributed by atoms with Crippen LogP contribution < -0.4 is 15.4 Å². The van der Waals surface area contributed by atoms with Crippen LogP contribution in [-0.4, -0.2) is 81.0 Å². The number of guanidine groups is 1. The third-order valence-electron chi connectivity index (χ3n) is 3.98. The van der Waals surface area contributed by atoms with Gasteiger partial charge in [0.15, 0.2) is 5.96 Å². The Morgan fingerprint density at radius 2 is 1.70 bits per heavy atom. The quantitative estimate of drug-likeness (QED) is 0.302. The zero-order chi connectivity index (χ0) is 22.0. The molecule has 0 fully saturated rings. The van der Waals surface area contributed by atoms with Gasteiger partial charge >= 0.3 is 0 Å². The average molecular weight is 533 g/mol. The molecule has 8 nitrogen and oxygen atoms in total. The van der Waals surface area contributed by atoms with Crippen molar-refractivity contribution in [3.63, 3.8) is 0 Å². The smallest absolute Gasteiger partial charge is 0.243 e. The number of hydrogen-bond donors (Lipinski definition) is 2. The number of likely N-dealkylation sites (N-methyl/N-ethyl adjacent to an activating group) is 2. The lowest BCUT2D eigenvalue weighted by molar-refractivity contribution is -0.127. The van der Waals surface area contributed by atoms with Gasteiger partial charge in [0, 0.05) is 33.2 Å². The third kappa shape index (κ3) is 11.2. The van der Waals surface area contributed by atoms with Gasteiger partial charge in [0.1, 0.15) is 12.3 Å². The van der Waals surface area contributed by atoms with Gasteiger partial charge in [-0.2, -0.15) is 0 Å². The second-order valence-electron chi connectivity index (χ2n) is 8.11. The molecular weight excluding hydrogens is 497 g/mol. The molecule has 9 heteroatoms. The van der Waals surface area contributed by atoms with Crippen LogP contribution in [0, 0.1) is 0 Å². The van der Waals surface area contributed by atoms with Gasteiger partial charge in [-0.3, -0.25) is 9.59 Å². The van der Waals surface area contributed by atoms with E-state index in [-0.39, 0.29) is 54.4 Å². The van der Waals surface area contributed by atoms with Crippen molar-refractivity contribution in [2.75, 3.05) is 47.9 Å². The van der Waals surface area contributed by atoms with Crippen LogP contribution in [0.5, 0.6) is 5.75 Å². The standard InChI is InChI=1S/C21H35N5O3.HI/c1-21(2,3)24-18(27)15-26(6)20(23-14-19(28)25(4)5)22-13-12-16-8-10-17(29-7)11-9-16;/h8-11H,12-15H2,1-7H3,(H,22,23)(H,24,27);1H. The first-order valence-electron chi connectivity index (χ1n) is 9.65. The van der Waals surface area contributed by atoms with Gasteiger partial charge in [-0.25, -0.2) is 4.99 Å². The van der Waals surface area contributed by atoms with Gasteiger partial charge in [0.05, 0.1) is 13.7 Å². The first-order chi connectivity index (χ1) is 13.5. The minimum atomic E-state index is -0.308. The normalized spacial score (nSPS) is 11.2. The molecule has 0 aliphatic carbocycles. The summed E-state index contributed by atoms with van der Waals surface area (Å²) in [6.45, 7) is 6.58. The fourth-order valence-corrected chi connectivity index (χ4v) is 2.45. The molecule has 170 valence electrons. The summed E-state index contributed by atoms with van der Waals surface area (Å²) in [7, 11) is 6.80. The Bertz CT molecular complexity index is 700. The van der Waals surface area contributed by atoms with Crippen LogP contribution in [0.1, 0.15) is 26.3 Å². The summed E-state index contributed by atoms with van der Waals surface area (Å²) < 4.78 is 5.17. The van der Waals surface area contributed by atoms with E-state index in [4.69, 9.17) is 4.74 Å². The summed E-state index contributed by atoms with van der Waals surface area (Å²) in [5.74, 6) is 1.11. The Labute approximate surface area is 197 Å². The minimum absolute atomic E-state index is 0. The Morgan fingerprint density at radius 1 is 1.10 bits per heavy atom. The van der Waals surface area contributed by atoms with E-state index in [1.54, 1.807) is 33.2 Å². The summed E-state index contributed by atoms with van der Waals surface area (Å²) in [4.78, 5) is 31.8. The van der Waals surface area contributed by atoms with E-state index in [0.717, 1.165) is 17.7 Å². The van der Waals surface area contributed by atoms with Crippen molar-refractivity contribution in [2.24, 2.45) is 4.99 Å². The van der Waals surface area contributed by atoms with Gasteiger partial charge in [-0.1, -0.05) is 12.1 Å². The molecule has 0 aromatic heterocycles. The molecule has 0 saturated carbocycles. The summed E-state index contributed by atoms with van der Waals surface area (Å²) >= 11 is 0. The van der Waals surface area contributed by atoms with E-state index < -0.39 is 0 Å². The Kier molecular flexibility index (Phi) is 12.4. The summed E-state index contributed by atoms with van der Waals surface area (Å²) in [6, 6.07) is 7.85. The number of carbonyl (C=O) groups is 2. The van der Waals surface area contributed by atoms with Crippen LogP contribution in [0.4, 0.5) is 0 Å². The van der Waals surface area contributed by atoms with Crippen molar-refractivity contribution in [3.8, 4) is 5.75 Å². The van der Waals surface area contributed by atoms with E-state index in [9.17, 15) is 9.59 Å². The predicted molar refractivity (Wildman–Crippen MR) is 132 cm³/mol. The fourth-order valence-electron chi connectivity index (χ4n) is 2.45. The highest BCUT2D eigenvalue weighted by atomic mass is 127. The lowest BCUT2D eigenvalue weighted by Crippen LogP contribution is -2.49. The van der Waals surface area contributed by atoms with Crippen molar-refractivity contribution in [1.82, 2.24) is 20.4 Å². The third-order valence-corrected chi connectivity index (χ3v) is 3.98. The summed E-state index contributed by atoms with van der Waals surface area (Å²) in [5.41, 5.74) is 0.841. The molecule has 2 N–H and O–H groups in total. The molecule has 30 heavy (non-hydrogen) atoms. The second-order valence-corrected chi connectivity index (χ2v) is 8.11. The number of methoxy groups -OCH3 is 1. The first-order valence-corrected chi connectivity index (χ1v) is 9.65. The molecule has 0 aliphatic rings. The van der Waals surface area contributed by atoms with Crippen molar-refractivity contribution in [2.45, 2.75) is 32.7 Å². The number of hydrogen-bond acceptors (Lipinski definition) is 4. The highest BCUT2D eigenvalue weighted by Crippen LogP contribution is 2.11. The molecule has 0 spiro atoms. The van der Waals surface area contributed by atoms with Crippen molar-refractivity contribution in [1.29, 1.82) is 0 Å². The SMILES string of the molecule is COc1ccc(CCNC(=NCC(=O)N(C)C)N(C)CC(=O)NC(C)(C)C)cc1.I. The average Bonchev–Trinajstić information content (AvgIpc) is 2.62. The Balaban J connectivity index is 0.00000841. The highest BCUT2D eigenvalue weighted by Gasteiger charge is 2.17. The van der Waals surface area contributed by atoms with Crippen molar-refractivity contribution in [3.05, 3.63) is 29.8 Å². The Hall–Kier alpha value is -2.04.